The monoisotopic (exact) mass is 360 g/mol. The number of hydrogen-bond acceptors (Lipinski definition) is 3. The lowest BCUT2D eigenvalue weighted by atomic mass is 10.0. The van der Waals surface area contributed by atoms with Crippen LogP contribution in [-0.2, 0) is 14.6 Å². The van der Waals surface area contributed by atoms with Crippen LogP contribution >= 0.6 is 0 Å². The van der Waals surface area contributed by atoms with Crippen molar-refractivity contribution in [2.24, 2.45) is 0 Å². The summed E-state index contributed by atoms with van der Waals surface area (Å²) in [4.78, 5) is 0. The van der Waals surface area contributed by atoms with Crippen LogP contribution in [0.5, 0.6) is 0 Å². The van der Waals surface area contributed by atoms with Crippen molar-refractivity contribution < 1.29 is 13.2 Å². The summed E-state index contributed by atoms with van der Waals surface area (Å²) >= 11 is 0. The van der Waals surface area contributed by atoms with Crippen molar-refractivity contribution >= 4 is 9.84 Å². The van der Waals surface area contributed by atoms with Crippen molar-refractivity contribution in [2.75, 3.05) is 18.1 Å². The van der Waals surface area contributed by atoms with Gasteiger partial charge in [0.1, 0.15) is 0 Å². The maximum Gasteiger partial charge on any atom is 0.152 e. The largest absolute Gasteiger partial charge is 0.377 e. The molecule has 144 valence electrons. The molecule has 0 aliphatic carbocycles. The maximum absolute atomic E-state index is 11.3. The van der Waals surface area contributed by atoms with Crippen LogP contribution in [0.25, 0.3) is 0 Å². The van der Waals surface area contributed by atoms with Gasteiger partial charge in [0.25, 0.3) is 0 Å². The summed E-state index contributed by atoms with van der Waals surface area (Å²) in [5.74, 6) is 0.558. The highest BCUT2D eigenvalue weighted by atomic mass is 32.2. The number of hydrogen-bond donors (Lipinski definition) is 0. The molecule has 1 rings (SSSR count). The van der Waals surface area contributed by atoms with Crippen molar-refractivity contribution in [2.45, 2.75) is 109 Å². The first-order valence-electron chi connectivity index (χ1n) is 10.5. The van der Waals surface area contributed by atoms with Gasteiger partial charge in [-0.3, -0.25) is 0 Å². The average molecular weight is 361 g/mol. The standard InChI is InChI=1S/C20H40O3S/c1-2-3-4-5-6-7-8-9-10-11-12-13-14-15-17-23-20-16-18-24(21,22)19-20/h20H,2-19H2,1H3. The van der Waals surface area contributed by atoms with Gasteiger partial charge in [0.05, 0.1) is 17.6 Å². The van der Waals surface area contributed by atoms with Crippen molar-refractivity contribution in [1.82, 2.24) is 0 Å². The van der Waals surface area contributed by atoms with Crippen LogP contribution < -0.4 is 0 Å². The Hall–Kier alpha value is -0.0900. The Morgan fingerprint density at radius 2 is 1.21 bits per heavy atom. The highest BCUT2D eigenvalue weighted by molar-refractivity contribution is 7.91. The van der Waals surface area contributed by atoms with Crippen LogP contribution in [0.4, 0.5) is 0 Å². The third kappa shape index (κ3) is 12.3. The molecule has 1 aliphatic rings. The van der Waals surface area contributed by atoms with Gasteiger partial charge in [0.15, 0.2) is 9.84 Å². The number of unbranched alkanes of at least 4 members (excludes halogenated alkanes) is 13. The summed E-state index contributed by atoms with van der Waals surface area (Å²) in [6, 6.07) is 0. The Balaban J connectivity index is 1.72. The molecule has 0 N–H and O–H groups in total. The number of ether oxygens (including phenoxy) is 1. The third-order valence-corrected chi connectivity index (χ3v) is 6.78. The molecule has 0 aromatic carbocycles. The molecule has 1 fully saturated rings. The molecule has 1 aliphatic heterocycles. The van der Waals surface area contributed by atoms with Gasteiger partial charge in [-0.25, -0.2) is 8.42 Å². The second-order valence-electron chi connectivity index (χ2n) is 7.49. The molecule has 0 radical (unpaired) electrons. The Kier molecular flexibility index (Phi) is 12.9. The van der Waals surface area contributed by atoms with Gasteiger partial charge >= 0.3 is 0 Å². The first-order valence-corrected chi connectivity index (χ1v) is 12.3. The molecule has 24 heavy (non-hydrogen) atoms. The van der Waals surface area contributed by atoms with Gasteiger partial charge in [-0.05, 0) is 12.8 Å². The third-order valence-electron chi connectivity index (χ3n) is 5.04. The minimum Gasteiger partial charge on any atom is -0.377 e. The Bertz CT molecular complexity index is 378. The van der Waals surface area contributed by atoms with Gasteiger partial charge in [0.2, 0.25) is 0 Å². The maximum atomic E-state index is 11.3. The van der Waals surface area contributed by atoms with E-state index in [9.17, 15) is 8.42 Å². The van der Waals surface area contributed by atoms with Crippen molar-refractivity contribution in [1.29, 1.82) is 0 Å². The lowest BCUT2D eigenvalue weighted by Gasteiger charge is -2.09. The fourth-order valence-electron chi connectivity index (χ4n) is 3.44. The minimum absolute atomic E-state index is 0.0306. The minimum atomic E-state index is -2.79. The Labute approximate surface area is 150 Å². The predicted molar refractivity (Wildman–Crippen MR) is 103 cm³/mol. The molecule has 0 saturated carbocycles. The van der Waals surface area contributed by atoms with Gasteiger partial charge in [0, 0.05) is 6.61 Å². The zero-order valence-electron chi connectivity index (χ0n) is 15.9. The van der Waals surface area contributed by atoms with Crippen LogP contribution in [0.3, 0.4) is 0 Å². The molecule has 3 nitrogen and oxygen atoms in total. The lowest BCUT2D eigenvalue weighted by molar-refractivity contribution is 0.0680. The second kappa shape index (κ2) is 14.1. The van der Waals surface area contributed by atoms with E-state index in [-0.39, 0.29) is 11.9 Å². The predicted octanol–water partition coefficient (Wildman–Crippen LogP) is 5.67. The summed E-state index contributed by atoms with van der Waals surface area (Å²) < 4.78 is 28.3. The fraction of sp³-hybridized carbons (Fsp3) is 1.00. The Morgan fingerprint density at radius 3 is 1.62 bits per heavy atom. The molecule has 0 bridgehead atoms. The first-order chi connectivity index (χ1) is 11.6. The molecule has 1 unspecified atom stereocenters. The van der Waals surface area contributed by atoms with E-state index in [1.54, 1.807) is 0 Å². The highest BCUT2D eigenvalue weighted by Gasteiger charge is 2.28. The lowest BCUT2D eigenvalue weighted by Crippen LogP contribution is -2.15. The summed E-state index contributed by atoms with van der Waals surface area (Å²) in [5.41, 5.74) is 0. The molecule has 0 aromatic rings. The molecule has 0 amide bonds. The normalized spacial score (nSPS) is 19.8. The number of sulfone groups is 1. The SMILES string of the molecule is CCCCCCCCCCCCCCCCOC1CCS(=O)(=O)C1. The molecule has 4 heteroatoms. The van der Waals surface area contributed by atoms with E-state index < -0.39 is 9.84 Å². The smallest absolute Gasteiger partial charge is 0.152 e. The molecule has 0 aromatic heterocycles. The van der Waals surface area contributed by atoms with E-state index in [0.29, 0.717) is 12.2 Å². The van der Waals surface area contributed by atoms with Crippen molar-refractivity contribution in [3.05, 3.63) is 0 Å². The fourth-order valence-corrected chi connectivity index (χ4v) is 5.06. The Morgan fingerprint density at radius 1 is 0.750 bits per heavy atom. The van der Waals surface area contributed by atoms with Crippen LogP contribution in [0.15, 0.2) is 0 Å². The van der Waals surface area contributed by atoms with E-state index in [2.05, 4.69) is 6.92 Å². The molecule has 1 heterocycles. The summed E-state index contributed by atoms with van der Waals surface area (Å²) in [6.07, 6.45) is 19.7. The zero-order chi connectivity index (χ0) is 17.5. The van der Waals surface area contributed by atoms with E-state index >= 15 is 0 Å². The number of rotatable bonds is 16. The van der Waals surface area contributed by atoms with Gasteiger partial charge in [-0.15, -0.1) is 0 Å². The van der Waals surface area contributed by atoms with E-state index in [1.807, 2.05) is 0 Å². The van der Waals surface area contributed by atoms with Crippen LogP contribution in [0.2, 0.25) is 0 Å². The first kappa shape index (κ1) is 22.0. The molecular formula is C20H40O3S. The van der Waals surface area contributed by atoms with Crippen LogP contribution in [0.1, 0.15) is 103 Å². The topological polar surface area (TPSA) is 43.4 Å². The summed E-state index contributed by atoms with van der Waals surface area (Å²) in [5, 5.41) is 0. The van der Waals surface area contributed by atoms with Gasteiger partial charge in [-0.1, -0.05) is 90.4 Å². The van der Waals surface area contributed by atoms with E-state index in [4.69, 9.17) is 4.74 Å². The van der Waals surface area contributed by atoms with E-state index in [0.717, 1.165) is 13.0 Å². The van der Waals surface area contributed by atoms with Crippen molar-refractivity contribution in [3.63, 3.8) is 0 Å². The van der Waals surface area contributed by atoms with Gasteiger partial charge in [-0.2, -0.15) is 0 Å². The van der Waals surface area contributed by atoms with Crippen LogP contribution in [0, 0.1) is 0 Å². The average Bonchev–Trinajstić information content (AvgIpc) is 2.90. The highest BCUT2D eigenvalue weighted by Crippen LogP contribution is 2.16. The summed E-state index contributed by atoms with van der Waals surface area (Å²) in [6.45, 7) is 3.01. The zero-order valence-corrected chi connectivity index (χ0v) is 16.8. The molecular weight excluding hydrogens is 320 g/mol. The van der Waals surface area contributed by atoms with Gasteiger partial charge < -0.3 is 4.74 Å². The van der Waals surface area contributed by atoms with Crippen LogP contribution in [-0.4, -0.2) is 32.6 Å². The molecule has 0 spiro atoms. The van der Waals surface area contributed by atoms with Crippen molar-refractivity contribution in [3.8, 4) is 0 Å². The molecule has 1 atom stereocenters. The second-order valence-corrected chi connectivity index (χ2v) is 9.72. The summed E-state index contributed by atoms with van der Waals surface area (Å²) in [7, 11) is -2.79. The molecule has 1 saturated heterocycles. The quantitative estimate of drug-likeness (QED) is 0.333. The van der Waals surface area contributed by atoms with E-state index in [1.165, 1.54) is 83.5 Å².